The van der Waals surface area contributed by atoms with E-state index in [1.807, 2.05) is 0 Å². The van der Waals surface area contributed by atoms with Gasteiger partial charge in [-0.3, -0.25) is 9.69 Å². The molecule has 0 aliphatic heterocycles. The van der Waals surface area contributed by atoms with Crippen LogP contribution >= 0.6 is 22.9 Å². The summed E-state index contributed by atoms with van der Waals surface area (Å²) in [5, 5.41) is 1.09. The quantitative estimate of drug-likeness (QED) is 0.440. The molecule has 0 aliphatic rings. The van der Waals surface area contributed by atoms with Gasteiger partial charge in [0.1, 0.15) is 5.76 Å². The van der Waals surface area contributed by atoms with Gasteiger partial charge in [0.25, 0.3) is 5.91 Å². The van der Waals surface area contributed by atoms with E-state index < -0.39 is 9.84 Å². The Bertz CT molecular complexity index is 1280. The molecule has 2 aromatic carbocycles. The van der Waals surface area contributed by atoms with Gasteiger partial charge in [-0.2, -0.15) is 0 Å². The van der Waals surface area contributed by atoms with E-state index in [9.17, 15) is 13.2 Å². The van der Waals surface area contributed by atoms with E-state index in [0.717, 1.165) is 16.5 Å². The highest BCUT2D eigenvalue weighted by Gasteiger charge is 2.23. The molecule has 0 fully saturated rings. The van der Waals surface area contributed by atoms with Crippen molar-refractivity contribution in [3.05, 3.63) is 77.2 Å². The molecule has 4 rings (SSSR count). The highest BCUT2D eigenvalue weighted by molar-refractivity contribution is 7.90. The number of carbonyl (C=O) groups excluding carboxylic acids is 1. The SMILES string of the molecule is CS(=O)(=O)c1ccc(C(=O)N(Cc2ccco2)c2nc3ccc(Cl)cc3s2)cc1. The van der Waals surface area contributed by atoms with Crippen LogP contribution in [0.25, 0.3) is 10.2 Å². The Morgan fingerprint density at radius 2 is 1.93 bits per heavy atom. The van der Waals surface area contributed by atoms with Crippen molar-refractivity contribution in [2.24, 2.45) is 0 Å². The first-order valence-corrected chi connectivity index (χ1v) is 11.6. The van der Waals surface area contributed by atoms with E-state index in [1.165, 1.54) is 46.8 Å². The minimum absolute atomic E-state index is 0.154. The molecule has 0 N–H and O–H groups in total. The van der Waals surface area contributed by atoms with Crippen molar-refractivity contribution in [3.63, 3.8) is 0 Å². The minimum atomic E-state index is -3.34. The second kappa shape index (κ2) is 7.62. The van der Waals surface area contributed by atoms with Gasteiger partial charge >= 0.3 is 0 Å². The van der Waals surface area contributed by atoms with Crippen LogP contribution in [0.1, 0.15) is 16.1 Å². The summed E-state index contributed by atoms with van der Waals surface area (Å²) in [6, 6.07) is 14.7. The van der Waals surface area contributed by atoms with Crippen molar-refractivity contribution in [3.8, 4) is 0 Å². The Morgan fingerprint density at radius 1 is 1.17 bits per heavy atom. The van der Waals surface area contributed by atoms with Gasteiger partial charge in [0.2, 0.25) is 0 Å². The number of carbonyl (C=O) groups is 1. The van der Waals surface area contributed by atoms with Gasteiger partial charge in [-0.25, -0.2) is 13.4 Å². The zero-order valence-electron chi connectivity index (χ0n) is 15.2. The van der Waals surface area contributed by atoms with Crippen LogP contribution in [0.2, 0.25) is 5.02 Å². The summed E-state index contributed by atoms with van der Waals surface area (Å²) in [6.45, 7) is 0.188. The summed E-state index contributed by atoms with van der Waals surface area (Å²) in [7, 11) is -3.34. The van der Waals surface area contributed by atoms with Gasteiger partial charge in [-0.15, -0.1) is 0 Å². The van der Waals surface area contributed by atoms with Crippen LogP contribution in [0.3, 0.4) is 0 Å². The molecular weight excluding hydrogens is 432 g/mol. The van der Waals surface area contributed by atoms with Crippen molar-refractivity contribution in [1.82, 2.24) is 4.98 Å². The smallest absolute Gasteiger partial charge is 0.260 e. The first-order valence-electron chi connectivity index (χ1n) is 8.52. The maximum Gasteiger partial charge on any atom is 0.260 e. The number of rotatable bonds is 5. The average molecular weight is 447 g/mol. The molecule has 2 heterocycles. The van der Waals surface area contributed by atoms with E-state index in [2.05, 4.69) is 4.98 Å². The maximum atomic E-state index is 13.3. The molecule has 6 nitrogen and oxygen atoms in total. The van der Waals surface area contributed by atoms with Crippen LogP contribution in [0, 0.1) is 0 Å². The van der Waals surface area contributed by atoms with Crippen LogP contribution in [0.4, 0.5) is 5.13 Å². The first kappa shape index (κ1) is 19.6. The first-order chi connectivity index (χ1) is 13.8. The molecule has 0 saturated heterocycles. The fraction of sp³-hybridized carbons (Fsp3) is 0.100. The fourth-order valence-corrected chi connectivity index (χ4v) is 4.66. The number of thiazole rings is 1. The number of hydrogen-bond acceptors (Lipinski definition) is 6. The van der Waals surface area contributed by atoms with Gasteiger partial charge in [-0.05, 0) is 54.6 Å². The zero-order valence-corrected chi connectivity index (χ0v) is 17.6. The standard InChI is InChI=1S/C20H15ClN2O4S2/c1-29(25,26)16-7-4-13(5-8-16)19(24)23(12-15-3-2-10-27-15)20-22-17-9-6-14(21)11-18(17)28-20/h2-11H,12H2,1H3. The van der Waals surface area contributed by atoms with Gasteiger partial charge in [0, 0.05) is 16.8 Å². The molecule has 0 spiro atoms. The Kier molecular flexibility index (Phi) is 5.16. The van der Waals surface area contributed by atoms with Crippen LogP contribution < -0.4 is 4.90 Å². The molecule has 1 amide bonds. The van der Waals surface area contributed by atoms with Crippen LogP contribution in [0.5, 0.6) is 0 Å². The van der Waals surface area contributed by atoms with Gasteiger partial charge in [0.15, 0.2) is 15.0 Å². The molecule has 4 aromatic rings. The number of sulfone groups is 1. The van der Waals surface area contributed by atoms with E-state index >= 15 is 0 Å². The number of fused-ring (bicyclic) bond motifs is 1. The van der Waals surface area contributed by atoms with Gasteiger partial charge < -0.3 is 4.42 Å². The number of benzene rings is 2. The third-order valence-electron chi connectivity index (χ3n) is 4.24. The number of hydrogen-bond donors (Lipinski definition) is 0. The minimum Gasteiger partial charge on any atom is -0.467 e. The summed E-state index contributed by atoms with van der Waals surface area (Å²) in [5.41, 5.74) is 1.08. The van der Waals surface area contributed by atoms with Crippen molar-refractivity contribution in [2.75, 3.05) is 11.2 Å². The summed E-state index contributed by atoms with van der Waals surface area (Å²) >= 11 is 7.41. The number of amides is 1. The number of halogens is 1. The lowest BCUT2D eigenvalue weighted by atomic mass is 10.2. The molecule has 0 atom stereocenters. The molecule has 0 bridgehead atoms. The second-order valence-corrected chi connectivity index (χ2v) is 9.84. The van der Waals surface area contributed by atoms with E-state index in [-0.39, 0.29) is 17.3 Å². The summed E-state index contributed by atoms with van der Waals surface area (Å²) < 4.78 is 29.6. The Hall–Kier alpha value is -2.68. The molecule has 2 aromatic heterocycles. The largest absolute Gasteiger partial charge is 0.467 e. The molecule has 0 saturated carbocycles. The van der Waals surface area contributed by atoms with Gasteiger partial charge in [-0.1, -0.05) is 22.9 Å². The third kappa shape index (κ3) is 4.19. The summed E-state index contributed by atoms with van der Waals surface area (Å²) in [6.07, 6.45) is 2.66. The number of furan rings is 1. The molecule has 0 aliphatic carbocycles. The van der Waals surface area contributed by atoms with Gasteiger partial charge in [0.05, 0.1) is 27.9 Å². The predicted molar refractivity (Wildman–Crippen MR) is 113 cm³/mol. The molecule has 9 heteroatoms. The lowest BCUT2D eigenvalue weighted by Crippen LogP contribution is -2.30. The molecule has 0 unspecified atom stereocenters. The average Bonchev–Trinajstić information content (AvgIpc) is 3.34. The van der Waals surface area contributed by atoms with Crippen molar-refractivity contribution in [2.45, 2.75) is 11.4 Å². The van der Waals surface area contributed by atoms with E-state index in [0.29, 0.717) is 21.5 Å². The van der Waals surface area contributed by atoms with Crippen LogP contribution in [-0.2, 0) is 16.4 Å². The van der Waals surface area contributed by atoms with Crippen molar-refractivity contribution >= 4 is 54.0 Å². The van der Waals surface area contributed by atoms with Crippen LogP contribution in [0.15, 0.2) is 70.2 Å². The normalized spacial score (nSPS) is 11.7. The van der Waals surface area contributed by atoms with Crippen LogP contribution in [-0.4, -0.2) is 25.6 Å². The topological polar surface area (TPSA) is 80.5 Å². The van der Waals surface area contributed by atoms with E-state index in [4.69, 9.17) is 16.0 Å². The number of nitrogens with zero attached hydrogens (tertiary/aromatic N) is 2. The monoisotopic (exact) mass is 446 g/mol. The molecular formula is C20H15ClN2O4S2. The molecule has 0 radical (unpaired) electrons. The second-order valence-electron chi connectivity index (χ2n) is 6.38. The highest BCUT2D eigenvalue weighted by atomic mass is 35.5. The molecule has 29 heavy (non-hydrogen) atoms. The van der Waals surface area contributed by atoms with Crippen molar-refractivity contribution in [1.29, 1.82) is 0 Å². The number of anilines is 1. The number of aromatic nitrogens is 1. The summed E-state index contributed by atoms with van der Waals surface area (Å²) in [4.78, 5) is 19.5. The van der Waals surface area contributed by atoms with Crippen molar-refractivity contribution < 1.29 is 17.6 Å². The Balaban J connectivity index is 1.74. The predicted octanol–water partition coefficient (Wildman–Crippen LogP) is 4.79. The summed E-state index contributed by atoms with van der Waals surface area (Å²) in [5.74, 6) is 0.287. The molecule has 148 valence electrons. The fourth-order valence-electron chi connectivity index (χ4n) is 2.79. The van der Waals surface area contributed by atoms with E-state index in [1.54, 1.807) is 30.3 Å². The zero-order chi connectivity index (χ0) is 20.6. The maximum absolute atomic E-state index is 13.3. The lowest BCUT2D eigenvalue weighted by molar-refractivity contribution is 0.0983. The Labute approximate surface area is 176 Å². The Morgan fingerprint density at radius 3 is 2.59 bits per heavy atom. The highest BCUT2D eigenvalue weighted by Crippen LogP contribution is 2.32. The third-order valence-corrected chi connectivity index (χ3v) is 6.64. The lowest BCUT2D eigenvalue weighted by Gasteiger charge is -2.19.